The van der Waals surface area contributed by atoms with Gasteiger partial charge in [-0.05, 0) is 129 Å². The second kappa shape index (κ2) is 58.3. The number of phenolic OH excluding ortho intramolecular Hbond substituents is 4. The molecule has 0 radical (unpaired) electrons. The number of carbonyl (C=O) groups is 8. The van der Waals surface area contributed by atoms with E-state index in [-0.39, 0.29) is 230 Å². The van der Waals surface area contributed by atoms with Gasteiger partial charge in [0, 0.05) is 182 Å². The number of aromatic hydroxyl groups is 4. The first-order chi connectivity index (χ1) is 68.0. The van der Waals surface area contributed by atoms with Crippen LogP contribution in [0.15, 0.2) is 110 Å². The van der Waals surface area contributed by atoms with Crippen molar-refractivity contribution in [2.75, 3.05) is 241 Å². The summed E-state index contributed by atoms with van der Waals surface area (Å²) in [4.78, 5) is 154. The van der Waals surface area contributed by atoms with Crippen molar-refractivity contribution in [3.63, 3.8) is 0 Å². The first-order valence-electron chi connectivity index (χ1n) is 46.2. The summed E-state index contributed by atoms with van der Waals surface area (Å²) in [5, 5.41) is 82.6. The average molecular weight is 2050 g/mol. The van der Waals surface area contributed by atoms with Crippen molar-refractivity contribution < 1.29 is 124 Å². The van der Waals surface area contributed by atoms with Crippen LogP contribution in [0, 0.1) is 0 Å². The summed E-state index contributed by atoms with van der Waals surface area (Å²) in [6.45, 7) is 7.16. The lowest BCUT2D eigenvalue weighted by Gasteiger charge is -2.31. The normalized spacial score (nSPS) is 18.8. The minimum atomic E-state index is -4.73. The molecule has 1 saturated heterocycles. The topological polar surface area (TPSA) is 611 Å². The van der Waals surface area contributed by atoms with Crippen molar-refractivity contribution >= 4 is 126 Å². The Labute approximate surface area is 826 Å². The molecule has 770 valence electrons. The number of methoxy groups -OCH3 is 1. The van der Waals surface area contributed by atoms with E-state index in [4.69, 9.17) is 72.2 Å². The molecular weight excluding hydrogens is 1920 g/mol. The molecule has 8 bridgehead atoms. The van der Waals surface area contributed by atoms with Gasteiger partial charge in [0.05, 0.1) is 117 Å². The van der Waals surface area contributed by atoms with Gasteiger partial charge in [-0.1, -0.05) is 31.2 Å². The SMILES string of the molecule is CCCOCCOCCN1CCNC(=O)c2cccc(c2O)C(=O)NCCN(CCN2CCNC(=O)c3cccc(c3O)C(=O)NCCN(CCOCCOCCOC)CCNC(=O)c3cccc(c3O)C(=O)NC(CCCCNC(=S)Nc3ccc(NC(=S)NCCCOP(=O)(O)OC[C@H]4O[C@@H](n5cnc6c(N)ncnc65)CC4OP(=O)(O)OC)cc3)C2)CCNC(=O)c2cccc(c2O)C(=O)NCC1. The third-order valence-corrected chi connectivity index (χ3v) is 25.1. The number of hydrogen-bond acceptors (Lipinski definition) is 34. The van der Waals surface area contributed by atoms with Crippen LogP contribution in [0.3, 0.4) is 0 Å². The Kier molecular flexibility index (Phi) is 46.1. The second-order valence-corrected chi connectivity index (χ2v) is 36.3. The van der Waals surface area contributed by atoms with Crippen molar-refractivity contribution in [2.24, 2.45) is 0 Å². The molecule has 4 unspecified atom stereocenters. The van der Waals surface area contributed by atoms with Crippen LogP contribution >= 0.6 is 40.1 Å². The summed E-state index contributed by atoms with van der Waals surface area (Å²) in [7, 11) is -6.76. The summed E-state index contributed by atoms with van der Waals surface area (Å²) in [6, 6.07) is 23.0. The van der Waals surface area contributed by atoms with Gasteiger partial charge in [0.15, 0.2) is 21.7 Å². The number of carbonyl (C=O) groups excluding carboxylic acids is 8. The highest BCUT2D eigenvalue weighted by Gasteiger charge is 2.44. The summed E-state index contributed by atoms with van der Waals surface area (Å²) < 4.78 is 81.2. The van der Waals surface area contributed by atoms with Crippen molar-refractivity contribution in [3.8, 4) is 23.0 Å². The Morgan fingerprint density at radius 1 is 0.475 bits per heavy atom. The van der Waals surface area contributed by atoms with Gasteiger partial charge >= 0.3 is 15.6 Å². The first-order valence-corrected chi connectivity index (χ1v) is 50.1. The fraction of sp³-hybridized carbons (Fsp3) is 0.500. The molecule has 5 heterocycles. The molecule has 51 heteroatoms. The van der Waals surface area contributed by atoms with Crippen LogP contribution in [0.4, 0.5) is 17.2 Å². The Hall–Kier alpha value is -11.4. The molecule has 6 atom stereocenters. The number of nitrogens with zero attached hydrogens (tertiary/aromatic N) is 8. The number of para-hydroxylation sites is 4. The standard InChI is InChI=1S/C90H127N21O26P2S2/c1-4-45-130-51-52-131-47-43-108-36-29-94-83(118)65-15-7-13-63(75(65)112)81(116)92-27-34-107(35-28-93-82(117)64-14-8-16-66(76(64)113)84(119)95-30-37-108)41-42-110-40-33-98-86(121)68-18-9-17-67(77(68)114)85(120)96-31-38-109(44-48-132-53-54-133-50-49-128-2)39-32-97-87(122)69-19-10-20-70(78(69)115)88(123)104-62(56-110)12-5-6-25-99-89(140)105-60-21-23-61(24-22-60)106-90(141)100-26-11-46-134-139(126,127)135-57-72-71(137-138(124,125)129-3)55-73(136-72)111-59-103-74-79(91)101-58-102-80(74)111/h7-10,13-24,58-59,62,71-73,112-115H,4-6,11-12,25-57H2,1-3H3,(H,92,116)(H,93,117)(H,94,118)(H,95,119)(H,96,120)(H,97,122)(H,98,121)(H,104,123)(H,124,125)(H,126,127)(H2,91,101,102)(H2,99,105,140)(H2,100,106,141)/t62?,71?,72-,73-/m1/s1. The Balaban J connectivity index is 0.809. The Morgan fingerprint density at radius 3 is 1.29 bits per heavy atom. The molecule has 141 heavy (non-hydrogen) atoms. The fourth-order valence-corrected chi connectivity index (χ4v) is 16.9. The number of nitrogen functional groups attached to an aromatic ring is 1. The lowest BCUT2D eigenvalue weighted by atomic mass is 10.0. The molecule has 47 nitrogen and oxygen atoms in total. The van der Waals surface area contributed by atoms with Gasteiger partial charge in [-0.2, -0.15) is 0 Å². The average Bonchev–Trinajstić information content (AvgIpc) is 1.33. The van der Waals surface area contributed by atoms with Crippen molar-refractivity contribution in [1.29, 1.82) is 0 Å². The van der Waals surface area contributed by atoms with Crippen LogP contribution in [-0.2, 0) is 55.6 Å². The first kappa shape index (κ1) is 112. The fourth-order valence-electron chi connectivity index (χ4n) is 15.1. The number of phosphoric ester groups is 2. The Bertz CT molecular complexity index is 5320. The summed E-state index contributed by atoms with van der Waals surface area (Å²) in [5.41, 5.74) is 6.17. The second-order valence-electron chi connectivity index (χ2n) is 32.6. The molecular formula is C90H127N21O26P2S2. The maximum Gasteiger partial charge on any atom is 0.472 e. The number of nitrogens with one attached hydrogen (secondary N) is 12. The zero-order valence-electron chi connectivity index (χ0n) is 78.8. The van der Waals surface area contributed by atoms with Crippen molar-refractivity contribution in [2.45, 2.75) is 69.9 Å². The van der Waals surface area contributed by atoms with Gasteiger partial charge in [-0.3, -0.25) is 80.6 Å². The van der Waals surface area contributed by atoms with Crippen LogP contribution in [0.1, 0.15) is 135 Å². The lowest BCUT2D eigenvalue weighted by molar-refractivity contribution is -0.0438. The summed E-state index contributed by atoms with van der Waals surface area (Å²) in [6.07, 6.45) is 1.55. The zero-order chi connectivity index (χ0) is 101. The van der Waals surface area contributed by atoms with E-state index in [0.29, 0.717) is 89.1 Å². The quantitative estimate of drug-likeness (QED) is 0.0150. The van der Waals surface area contributed by atoms with Crippen LogP contribution in [-0.4, -0.2) is 369 Å². The molecule has 0 aliphatic carbocycles. The van der Waals surface area contributed by atoms with Gasteiger partial charge < -0.3 is 128 Å². The van der Waals surface area contributed by atoms with Gasteiger partial charge in [0.1, 0.15) is 53.3 Å². The predicted molar refractivity (Wildman–Crippen MR) is 526 cm³/mol. The van der Waals surface area contributed by atoms with E-state index in [0.717, 1.165) is 13.5 Å². The third-order valence-electron chi connectivity index (χ3n) is 22.6. The van der Waals surface area contributed by atoms with E-state index in [2.05, 4.69) is 83.3 Å². The molecule has 5 aromatic carbocycles. The number of hydrogen-bond donors (Lipinski definition) is 19. The molecule has 3 aliphatic heterocycles. The van der Waals surface area contributed by atoms with Crippen LogP contribution in [0.25, 0.3) is 11.2 Å². The monoisotopic (exact) mass is 2040 g/mol. The number of thiocarbonyl (C=S) groups is 2. The highest BCUT2D eigenvalue weighted by molar-refractivity contribution is 7.80. The number of fused-ring (bicyclic) bond motifs is 9. The van der Waals surface area contributed by atoms with Crippen LogP contribution in [0.2, 0.25) is 0 Å². The number of rotatable bonds is 39. The van der Waals surface area contributed by atoms with Gasteiger partial charge in [-0.15, -0.1) is 0 Å². The van der Waals surface area contributed by atoms with Crippen molar-refractivity contribution in [3.05, 3.63) is 154 Å². The van der Waals surface area contributed by atoms with Gasteiger partial charge in [-0.25, -0.2) is 24.1 Å². The molecule has 7 aromatic rings. The number of ether oxygens (including phenoxy) is 6. The zero-order valence-corrected chi connectivity index (χ0v) is 82.2. The van der Waals surface area contributed by atoms with Gasteiger partial charge in [0.2, 0.25) is 0 Å². The molecule has 10 rings (SSSR count). The number of unbranched alkanes of at least 4 members (excludes halogenated alkanes) is 1. The summed E-state index contributed by atoms with van der Waals surface area (Å²) in [5.74, 6) is -7.86. The number of benzene rings is 5. The van der Waals surface area contributed by atoms with E-state index < -0.39 is 117 Å². The Morgan fingerprint density at radius 2 is 0.865 bits per heavy atom. The van der Waals surface area contributed by atoms with Gasteiger partial charge in [0.25, 0.3) is 47.3 Å². The number of phosphoric acid groups is 2. The predicted octanol–water partition coefficient (Wildman–Crippen LogP) is 2.98. The number of amides is 8. The number of imidazole rings is 1. The molecule has 3 aliphatic rings. The van der Waals surface area contributed by atoms with Crippen molar-refractivity contribution in [1.82, 2.24) is 92.3 Å². The van der Waals surface area contributed by atoms with E-state index >= 15 is 0 Å². The minimum absolute atomic E-state index is 0.0362. The largest absolute Gasteiger partial charge is 0.506 e. The maximum atomic E-state index is 14.9. The van der Waals surface area contributed by atoms with E-state index in [1.165, 1.54) is 90.0 Å². The molecule has 20 N–H and O–H groups in total. The maximum absolute atomic E-state index is 14.9. The summed E-state index contributed by atoms with van der Waals surface area (Å²) >= 11 is 11.3. The third kappa shape index (κ3) is 36.2. The minimum Gasteiger partial charge on any atom is -0.506 e. The molecule has 2 aromatic heterocycles. The van der Waals surface area contributed by atoms with E-state index in [9.17, 15) is 77.7 Å². The molecule has 0 saturated carbocycles. The number of aromatic nitrogens is 4. The highest BCUT2D eigenvalue weighted by Crippen LogP contribution is 2.50. The number of phenols is 4. The number of nitrogens with two attached hydrogens (primary N) is 1. The van der Waals surface area contributed by atoms with E-state index in [1.807, 2.05) is 26.5 Å². The lowest BCUT2D eigenvalue weighted by Crippen LogP contribution is -2.49. The molecule has 0 spiro atoms. The molecule has 8 amide bonds. The highest BCUT2D eigenvalue weighted by atomic mass is 32.1. The van der Waals surface area contributed by atoms with E-state index in [1.54, 1.807) is 31.4 Å². The molecule has 1 fully saturated rings. The van der Waals surface area contributed by atoms with Crippen LogP contribution < -0.4 is 69.5 Å². The number of anilines is 3. The smallest absolute Gasteiger partial charge is 0.472 e. The van der Waals surface area contributed by atoms with Crippen LogP contribution in [0.5, 0.6) is 23.0 Å².